The van der Waals surface area contributed by atoms with Crippen LogP contribution < -0.4 is 29.6 Å². The van der Waals surface area contributed by atoms with Crippen LogP contribution >= 0.6 is 0 Å². The molecule has 0 aromatic rings. The Kier molecular flexibility index (Phi) is 8.31. The SMILES string of the molecule is COC(=O)C(C#N)C=O.[H-].[Na+]. The van der Waals surface area contributed by atoms with Crippen LogP contribution in [0.2, 0.25) is 0 Å². The molecule has 1 unspecified atom stereocenters. The molecule has 10 heavy (non-hydrogen) atoms. The maximum atomic E-state index is 10.3. The first-order valence-corrected chi connectivity index (χ1v) is 2.19. The second-order valence-corrected chi connectivity index (χ2v) is 1.27. The number of rotatable bonds is 2. The maximum Gasteiger partial charge on any atom is 1.00 e. The molecule has 0 bridgehead atoms. The zero-order chi connectivity index (χ0) is 7.28. The van der Waals surface area contributed by atoms with Crippen LogP contribution in [0.1, 0.15) is 1.43 Å². The number of carbonyl (C=O) groups excluding carboxylic acids is 2. The van der Waals surface area contributed by atoms with E-state index >= 15 is 0 Å². The molecule has 0 heterocycles. The van der Waals surface area contributed by atoms with E-state index < -0.39 is 11.9 Å². The summed E-state index contributed by atoms with van der Waals surface area (Å²) in [7, 11) is 1.12. The molecule has 0 saturated carbocycles. The average Bonchev–Trinajstić information content (AvgIpc) is 1.90. The van der Waals surface area contributed by atoms with Gasteiger partial charge in [0.2, 0.25) is 0 Å². The van der Waals surface area contributed by atoms with Gasteiger partial charge in [-0.1, -0.05) is 0 Å². The molecule has 0 saturated heterocycles. The van der Waals surface area contributed by atoms with Crippen molar-refractivity contribution in [2.24, 2.45) is 5.92 Å². The van der Waals surface area contributed by atoms with E-state index in [1.54, 1.807) is 0 Å². The first-order chi connectivity index (χ1) is 4.26. The van der Waals surface area contributed by atoms with Gasteiger partial charge in [-0.3, -0.25) is 4.79 Å². The summed E-state index contributed by atoms with van der Waals surface area (Å²) in [4.78, 5) is 20.1. The number of hydrogen-bond acceptors (Lipinski definition) is 4. The van der Waals surface area contributed by atoms with Gasteiger partial charge in [-0.2, -0.15) is 5.26 Å². The Bertz CT molecular complexity index is 168. The number of esters is 1. The minimum atomic E-state index is -1.27. The van der Waals surface area contributed by atoms with E-state index in [4.69, 9.17) is 5.26 Å². The van der Waals surface area contributed by atoms with Crippen molar-refractivity contribution in [3.63, 3.8) is 0 Å². The van der Waals surface area contributed by atoms with E-state index in [0.29, 0.717) is 0 Å². The smallest absolute Gasteiger partial charge is 1.00 e. The van der Waals surface area contributed by atoms with Crippen molar-refractivity contribution in [3.8, 4) is 6.07 Å². The molecule has 0 spiro atoms. The molecule has 0 amide bonds. The topological polar surface area (TPSA) is 67.2 Å². The largest absolute Gasteiger partial charge is 1.00 e. The van der Waals surface area contributed by atoms with Gasteiger partial charge >= 0.3 is 35.5 Å². The van der Waals surface area contributed by atoms with E-state index in [0.717, 1.165) is 7.11 Å². The normalized spacial score (nSPS) is 10.0. The minimum Gasteiger partial charge on any atom is -1.00 e. The van der Waals surface area contributed by atoms with E-state index in [9.17, 15) is 9.59 Å². The maximum absolute atomic E-state index is 10.3. The molecule has 50 valence electrons. The number of carbonyl (C=O) groups is 2. The number of nitriles is 1. The molecule has 0 fully saturated rings. The van der Waals surface area contributed by atoms with Crippen LogP contribution in [0.15, 0.2) is 0 Å². The second kappa shape index (κ2) is 6.75. The molecule has 0 aromatic heterocycles. The molecule has 1 atom stereocenters. The van der Waals surface area contributed by atoms with Crippen molar-refractivity contribution in [1.82, 2.24) is 0 Å². The van der Waals surface area contributed by atoms with Gasteiger partial charge in [0.25, 0.3) is 0 Å². The number of ether oxygens (including phenoxy) is 1. The Labute approximate surface area is 81.9 Å². The van der Waals surface area contributed by atoms with Gasteiger partial charge in [-0.15, -0.1) is 0 Å². The Morgan fingerprint density at radius 1 is 1.90 bits per heavy atom. The fraction of sp³-hybridized carbons (Fsp3) is 0.400. The van der Waals surface area contributed by atoms with E-state index in [1.807, 2.05) is 0 Å². The molecular weight excluding hydrogens is 145 g/mol. The first kappa shape index (κ1) is 12.3. The number of hydrogen-bond donors (Lipinski definition) is 0. The van der Waals surface area contributed by atoms with Crippen LogP contribution in [0.5, 0.6) is 0 Å². The molecule has 0 radical (unpaired) electrons. The molecule has 0 aliphatic heterocycles. The Hall–Kier alpha value is -0.370. The van der Waals surface area contributed by atoms with Gasteiger partial charge in [-0.25, -0.2) is 0 Å². The van der Waals surface area contributed by atoms with Crippen molar-refractivity contribution in [3.05, 3.63) is 0 Å². The summed E-state index contributed by atoms with van der Waals surface area (Å²) < 4.78 is 4.10. The molecule has 5 heteroatoms. The molecular formula is C5H6NNaO3. The predicted molar refractivity (Wildman–Crippen MR) is 28.3 cm³/mol. The fourth-order valence-corrected chi connectivity index (χ4v) is 0.266. The fourth-order valence-electron chi connectivity index (χ4n) is 0.266. The van der Waals surface area contributed by atoms with Crippen LogP contribution in [0, 0.1) is 17.2 Å². The van der Waals surface area contributed by atoms with Gasteiger partial charge in [0.15, 0.2) is 5.92 Å². The van der Waals surface area contributed by atoms with E-state index in [1.165, 1.54) is 6.07 Å². The summed E-state index contributed by atoms with van der Waals surface area (Å²) in [6.07, 6.45) is 0.242. The summed E-state index contributed by atoms with van der Waals surface area (Å²) in [6, 6.07) is 1.46. The third-order valence-corrected chi connectivity index (χ3v) is 0.730. The minimum absolute atomic E-state index is 0. The van der Waals surface area contributed by atoms with Gasteiger partial charge in [-0.05, 0) is 0 Å². The van der Waals surface area contributed by atoms with Gasteiger partial charge < -0.3 is 11.0 Å². The summed E-state index contributed by atoms with van der Waals surface area (Å²) >= 11 is 0. The van der Waals surface area contributed by atoms with Crippen LogP contribution in [0.3, 0.4) is 0 Å². The van der Waals surface area contributed by atoms with Gasteiger partial charge in [0.05, 0.1) is 13.2 Å². The van der Waals surface area contributed by atoms with Crippen molar-refractivity contribution in [2.45, 2.75) is 0 Å². The first-order valence-electron chi connectivity index (χ1n) is 2.19. The summed E-state index contributed by atoms with van der Waals surface area (Å²) in [6.45, 7) is 0. The van der Waals surface area contributed by atoms with Crippen LogP contribution in [-0.2, 0) is 14.3 Å². The molecule has 4 nitrogen and oxygen atoms in total. The second-order valence-electron chi connectivity index (χ2n) is 1.27. The van der Waals surface area contributed by atoms with Crippen molar-refractivity contribution < 1.29 is 45.3 Å². The quantitative estimate of drug-likeness (QED) is 0.179. The van der Waals surface area contributed by atoms with E-state index in [-0.39, 0.29) is 37.3 Å². The van der Waals surface area contributed by atoms with Crippen LogP contribution in [0.25, 0.3) is 0 Å². The average molecular weight is 151 g/mol. The standard InChI is InChI=1S/C5H5NO3.Na.H/c1-9-5(8)4(2-6)3-7;;/h3-4H,1H3;;/q;+1;-1. The summed E-state index contributed by atoms with van der Waals surface area (Å²) in [5.41, 5.74) is 0. The number of aldehydes is 1. The monoisotopic (exact) mass is 151 g/mol. The molecule has 0 aliphatic rings. The molecule has 0 rings (SSSR count). The molecule has 0 aliphatic carbocycles. The zero-order valence-corrected chi connectivity index (χ0v) is 7.83. The molecule has 0 N–H and O–H groups in total. The van der Waals surface area contributed by atoms with Gasteiger partial charge in [0.1, 0.15) is 6.29 Å². The van der Waals surface area contributed by atoms with Crippen molar-refractivity contribution in [1.29, 1.82) is 5.26 Å². The van der Waals surface area contributed by atoms with Crippen LogP contribution in [-0.4, -0.2) is 19.4 Å². The summed E-state index contributed by atoms with van der Waals surface area (Å²) in [5, 5.41) is 8.05. The third kappa shape index (κ3) is 3.62. The third-order valence-electron chi connectivity index (χ3n) is 0.730. The van der Waals surface area contributed by atoms with E-state index in [2.05, 4.69) is 4.74 Å². The van der Waals surface area contributed by atoms with Crippen molar-refractivity contribution in [2.75, 3.05) is 7.11 Å². The molecule has 0 aromatic carbocycles. The Morgan fingerprint density at radius 2 is 2.40 bits per heavy atom. The summed E-state index contributed by atoms with van der Waals surface area (Å²) in [5.74, 6) is -2.08. The van der Waals surface area contributed by atoms with Crippen LogP contribution in [0.4, 0.5) is 0 Å². The van der Waals surface area contributed by atoms with Crippen molar-refractivity contribution >= 4 is 12.3 Å². The Morgan fingerprint density at radius 3 is 2.50 bits per heavy atom. The number of methoxy groups -OCH3 is 1. The van der Waals surface area contributed by atoms with Gasteiger partial charge in [0, 0.05) is 0 Å². The zero-order valence-electron chi connectivity index (χ0n) is 6.83. The predicted octanol–water partition coefficient (Wildman–Crippen LogP) is -3.39. The Balaban J connectivity index is -0.000000320. The number of nitrogens with zero attached hydrogens (tertiary/aromatic N) is 1.